The van der Waals surface area contributed by atoms with Crippen LogP contribution in [0, 0.1) is 0 Å². The summed E-state index contributed by atoms with van der Waals surface area (Å²) in [4.78, 5) is 51.1. The van der Waals surface area contributed by atoms with E-state index in [4.69, 9.17) is 0 Å². The number of azo groups is 1. The number of anilines is 4. The largest absolute Gasteiger partial charge is 0.506 e. The van der Waals surface area contributed by atoms with Crippen LogP contribution in [0.5, 0.6) is 11.5 Å². The number of ketones is 2. The van der Waals surface area contributed by atoms with Crippen LogP contribution in [-0.4, -0.2) is 100 Å². The molecule has 6 aromatic carbocycles. The van der Waals surface area contributed by atoms with Gasteiger partial charge in [-0.25, -0.2) is 16.8 Å². The van der Waals surface area contributed by atoms with Crippen molar-refractivity contribution in [1.29, 1.82) is 0 Å². The molecule has 0 aliphatic heterocycles. The Labute approximate surface area is 431 Å². The average Bonchev–Trinajstić information content (AvgIpc) is 3.39. The predicted molar refractivity (Wildman–Crippen MR) is 278 cm³/mol. The van der Waals surface area contributed by atoms with Gasteiger partial charge in [-0.3, -0.25) is 39.1 Å². The second-order valence-corrected chi connectivity index (χ2v) is 23.3. The smallest absolute Gasteiger partial charge is 0.296 e. The van der Waals surface area contributed by atoms with Crippen LogP contribution < -0.4 is 21.5 Å². The Morgan fingerprint density at radius 3 is 1.16 bits per heavy atom. The number of phenols is 2. The summed E-state index contributed by atoms with van der Waals surface area (Å²) in [7, 11) is -17.6. The topological polar surface area (TPSA) is 383 Å². The van der Waals surface area contributed by atoms with Crippen LogP contribution in [-0.2, 0) is 39.9 Å². The minimum absolute atomic E-state index is 0.00759. The minimum Gasteiger partial charge on any atom is -0.506 e. The number of nitrogens with zero attached hydrogens (tertiary/aromatic N) is 4. The number of benzene rings is 6. The van der Waals surface area contributed by atoms with E-state index in [9.17, 15) is 72.2 Å². The summed E-state index contributed by atoms with van der Waals surface area (Å²) in [6, 6.07) is 25.9. The molecule has 0 radical (unpaired) electrons. The molecule has 0 saturated carbocycles. The Kier molecular flexibility index (Phi) is 14.2. The number of phenolic OH excluding ortho intramolecular Hbond substituents is 2. The normalized spacial score (nSPS) is 14.9. The zero-order chi connectivity index (χ0) is 55.1. The van der Waals surface area contributed by atoms with Gasteiger partial charge in [-0.05, 0) is 145 Å². The number of carbonyl (C=O) groups excluding carboxylic acids is 4. The highest BCUT2D eigenvalue weighted by molar-refractivity contribution is 7.92. The molecular formula is C48H36N8O16S4. The number of hydrogen-bond donors (Lipinski definition) is 8. The summed E-state index contributed by atoms with van der Waals surface area (Å²) in [6.45, 7) is 0. The maximum absolute atomic E-state index is 13.5. The fourth-order valence-corrected chi connectivity index (χ4v) is 9.83. The van der Waals surface area contributed by atoms with E-state index in [0.29, 0.717) is 11.4 Å². The summed E-state index contributed by atoms with van der Waals surface area (Å²) in [6.07, 6.45) is 3.73. The summed E-state index contributed by atoms with van der Waals surface area (Å²) in [5, 5.41) is 41.6. The monoisotopic (exact) mass is 1110 g/mol. The van der Waals surface area contributed by atoms with Crippen molar-refractivity contribution >= 4 is 121 Å². The molecular weight excluding hydrogens is 1070 g/mol. The average molecular weight is 1110 g/mol. The molecule has 2 aliphatic rings. The molecule has 0 bridgehead atoms. The van der Waals surface area contributed by atoms with Gasteiger partial charge in [0.25, 0.3) is 32.1 Å². The van der Waals surface area contributed by atoms with Crippen molar-refractivity contribution in [2.24, 2.45) is 20.4 Å². The number of allylic oxidation sites excluding steroid dienone is 2. The first-order valence-corrected chi connectivity index (χ1v) is 28.0. The van der Waals surface area contributed by atoms with Crippen LogP contribution in [0.2, 0.25) is 0 Å². The van der Waals surface area contributed by atoms with Crippen LogP contribution in [0.15, 0.2) is 161 Å². The molecule has 8 rings (SSSR count). The van der Waals surface area contributed by atoms with Crippen LogP contribution >= 0.6 is 0 Å². The molecule has 0 heterocycles. The molecule has 388 valence electrons. The Hall–Kier alpha value is -9.06. The molecule has 76 heavy (non-hydrogen) atoms. The molecule has 0 unspecified atom stereocenters. The lowest BCUT2D eigenvalue weighted by molar-refractivity contribution is 0.101. The maximum Gasteiger partial charge on any atom is 0.296 e. The van der Waals surface area contributed by atoms with Crippen LogP contribution in [0.25, 0.3) is 12.2 Å². The zero-order valence-corrected chi connectivity index (χ0v) is 42.1. The van der Waals surface area contributed by atoms with Gasteiger partial charge in [-0.15, -0.1) is 0 Å². The van der Waals surface area contributed by atoms with E-state index < -0.39 is 96.0 Å². The Morgan fingerprint density at radius 1 is 0.474 bits per heavy atom. The number of sulfone groups is 2. The SMILES string of the molecule is CS(=O)(=O)c1ccc(O)c(NN=C2C(=O)c3ccc(NC(=O)c4ccc(N=Nc5ccc(C(=O)Nc6ccc7c(c6)C=C(S(=O)(=O)O)C(=NNc6cc(S(C)(=O)=O)ccc6O)C7=O)cc5)cc4)cc3C=C2S(=O)(=O)O)c1. The van der Waals surface area contributed by atoms with Gasteiger partial charge in [-0.2, -0.15) is 37.3 Å². The molecule has 6 aromatic rings. The quantitative estimate of drug-likeness (QED) is 0.0246. The molecule has 0 fully saturated rings. The van der Waals surface area contributed by atoms with Gasteiger partial charge in [0.1, 0.15) is 21.3 Å². The predicted octanol–water partition coefficient (Wildman–Crippen LogP) is 6.61. The van der Waals surface area contributed by atoms with Gasteiger partial charge in [0.15, 0.2) is 31.1 Å². The zero-order valence-electron chi connectivity index (χ0n) is 38.8. The third kappa shape index (κ3) is 11.8. The number of Topliss-reactive ketones (excluding diaryl/α,β-unsaturated/α-hetero) is 2. The van der Waals surface area contributed by atoms with Gasteiger partial charge in [0.05, 0.1) is 32.5 Å². The van der Waals surface area contributed by atoms with Gasteiger partial charge in [0, 0.05) is 46.1 Å². The molecule has 0 spiro atoms. The standard InChI is InChI=1S/C48H36N8O16S4/c1-73(63,64)33-13-17-39(57)37(23-33)53-55-43-41(75(67,68)69)21-27-19-31(11-15-35(27)45(43)59)49-47(61)25-3-7-29(8-4-25)51-52-30-9-5-26(6-10-30)48(62)50-32-12-16-36-28(20-32)22-42(76(70,71)72)44(46(36)60)56-54-38-24-34(74(2,65)66)14-18-40(38)58/h3-24,53-54,57-58H,1-2H3,(H,49,61)(H,50,62)(H,67,68,69)(H,70,71,72). The maximum atomic E-state index is 13.5. The molecule has 24 nitrogen and oxygen atoms in total. The number of fused-ring (bicyclic) bond motifs is 2. The van der Waals surface area contributed by atoms with E-state index in [-0.39, 0.29) is 65.9 Å². The Balaban J connectivity index is 0.899. The summed E-state index contributed by atoms with van der Waals surface area (Å²) >= 11 is 0. The number of hydrogen-bond acceptors (Lipinski definition) is 20. The van der Waals surface area contributed by atoms with Crippen molar-refractivity contribution in [1.82, 2.24) is 0 Å². The molecule has 28 heteroatoms. The van der Waals surface area contributed by atoms with Crippen molar-refractivity contribution in [3.05, 3.63) is 165 Å². The molecule has 8 N–H and O–H groups in total. The summed E-state index contributed by atoms with van der Waals surface area (Å²) in [5.74, 6) is -4.12. The van der Waals surface area contributed by atoms with E-state index in [2.05, 4.69) is 41.9 Å². The van der Waals surface area contributed by atoms with Gasteiger partial charge in [-0.1, -0.05) is 0 Å². The fourth-order valence-electron chi connectivity index (χ4n) is 7.22. The third-order valence-electron chi connectivity index (χ3n) is 11.0. The molecule has 0 atom stereocenters. The number of rotatable bonds is 14. The fraction of sp³-hybridized carbons (Fsp3) is 0.0417. The summed E-state index contributed by atoms with van der Waals surface area (Å²) < 4.78 is 118. The first-order chi connectivity index (χ1) is 35.6. The Bertz CT molecular complexity index is 3870. The van der Waals surface area contributed by atoms with E-state index in [1.807, 2.05) is 0 Å². The van der Waals surface area contributed by atoms with Gasteiger partial charge in [0.2, 0.25) is 11.6 Å². The van der Waals surface area contributed by atoms with E-state index >= 15 is 0 Å². The highest BCUT2D eigenvalue weighted by atomic mass is 32.2. The highest BCUT2D eigenvalue weighted by Gasteiger charge is 2.35. The molecule has 2 amide bonds. The van der Waals surface area contributed by atoms with Crippen molar-refractivity contribution in [2.45, 2.75) is 9.79 Å². The lowest BCUT2D eigenvalue weighted by atomic mass is 9.94. The molecule has 0 saturated heterocycles. The van der Waals surface area contributed by atoms with E-state index in [1.165, 1.54) is 84.9 Å². The third-order valence-corrected chi connectivity index (χ3v) is 15.0. The van der Waals surface area contributed by atoms with Crippen LogP contribution in [0.4, 0.5) is 34.1 Å². The first-order valence-electron chi connectivity index (χ1n) is 21.4. The highest BCUT2D eigenvalue weighted by Crippen LogP contribution is 2.33. The van der Waals surface area contributed by atoms with Crippen molar-refractivity contribution < 1.29 is 72.2 Å². The molecule has 0 aromatic heterocycles. The van der Waals surface area contributed by atoms with Crippen molar-refractivity contribution in [2.75, 3.05) is 34.0 Å². The van der Waals surface area contributed by atoms with Crippen molar-refractivity contribution in [3.63, 3.8) is 0 Å². The van der Waals surface area contributed by atoms with Crippen molar-refractivity contribution in [3.8, 4) is 11.5 Å². The van der Waals surface area contributed by atoms with Crippen LogP contribution in [0.3, 0.4) is 0 Å². The summed E-state index contributed by atoms with van der Waals surface area (Å²) in [5.41, 5.74) is 3.52. The van der Waals surface area contributed by atoms with Gasteiger partial charge < -0.3 is 20.8 Å². The lowest BCUT2D eigenvalue weighted by Gasteiger charge is -2.17. The molecule has 2 aliphatic carbocycles. The Morgan fingerprint density at radius 2 is 0.829 bits per heavy atom. The number of carbonyl (C=O) groups is 4. The lowest BCUT2D eigenvalue weighted by Crippen LogP contribution is -2.27. The number of aromatic hydroxyl groups is 2. The van der Waals surface area contributed by atoms with Gasteiger partial charge >= 0.3 is 0 Å². The second-order valence-electron chi connectivity index (χ2n) is 16.5. The second kappa shape index (κ2) is 20.3. The van der Waals surface area contributed by atoms with E-state index in [1.54, 1.807) is 0 Å². The van der Waals surface area contributed by atoms with Crippen LogP contribution in [0.1, 0.15) is 52.6 Å². The first kappa shape index (κ1) is 53.2. The van der Waals surface area contributed by atoms with E-state index in [0.717, 1.165) is 61.1 Å². The number of amides is 2. The number of nitrogens with one attached hydrogen (secondary N) is 4. The number of hydrazone groups is 2. The minimum atomic E-state index is -5.09.